The number of anilines is 2. The second-order valence-corrected chi connectivity index (χ2v) is 7.27. The molecule has 0 saturated carbocycles. The molecule has 3 N–H and O–H groups in total. The fourth-order valence-electron chi connectivity index (χ4n) is 2.75. The van der Waals surface area contributed by atoms with E-state index in [0.717, 1.165) is 5.56 Å². The predicted molar refractivity (Wildman–Crippen MR) is 118 cm³/mol. The van der Waals surface area contributed by atoms with Crippen molar-refractivity contribution in [2.75, 3.05) is 5.32 Å². The first-order chi connectivity index (χ1) is 13.8. The summed E-state index contributed by atoms with van der Waals surface area (Å²) in [5, 5.41) is 3.23. The Bertz CT molecular complexity index is 1050. The van der Waals surface area contributed by atoms with Gasteiger partial charge < -0.3 is 15.8 Å². The van der Waals surface area contributed by atoms with Gasteiger partial charge in [-0.15, -0.1) is 0 Å². The number of aryl methyl sites for hydroxylation is 1. The molecule has 29 heavy (non-hydrogen) atoms. The number of halogens is 2. The fraction of sp³-hybridized carbons (Fsp3) is 0.0909. The van der Waals surface area contributed by atoms with Gasteiger partial charge in [0.2, 0.25) is 0 Å². The standard InChI is InChI=1S/C22H18ClFN2O2S/c1-13-5-10-19(26-21-17(23)3-2-4-18(21)24)15(11-13)12-20(27)28-16-8-6-14(7-9-16)22(25)29/h2-11,26H,12H2,1H3,(H2,25,29). The van der Waals surface area contributed by atoms with Crippen molar-refractivity contribution in [1.29, 1.82) is 0 Å². The van der Waals surface area contributed by atoms with Gasteiger partial charge in [0.05, 0.1) is 17.1 Å². The summed E-state index contributed by atoms with van der Waals surface area (Å²) in [6.45, 7) is 1.91. The highest BCUT2D eigenvalue weighted by Gasteiger charge is 2.14. The second-order valence-electron chi connectivity index (χ2n) is 6.42. The highest BCUT2D eigenvalue weighted by atomic mass is 35.5. The van der Waals surface area contributed by atoms with Crippen molar-refractivity contribution in [2.24, 2.45) is 5.73 Å². The molecule has 0 amide bonds. The molecule has 3 aromatic rings. The van der Waals surface area contributed by atoms with Crippen LogP contribution in [0.1, 0.15) is 16.7 Å². The van der Waals surface area contributed by atoms with Gasteiger partial charge in [-0.3, -0.25) is 4.79 Å². The topological polar surface area (TPSA) is 64.3 Å². The lowest BCUT2D eigenvalue weighted by Gasteiger charge is -2.14. The van der Waals surface area contributed by atoms with Crippen LogP contribution >= 0.6 is 23.8 Å². The quantitative estimate of drug-likeness (QED) is 0.316. The third-order valence-corrected chi connectivity index (χ3v) is 4.74. The number of thiocarbonyl (C=S) groups is 1. The summed E-state index contributed by atoms with van der Waals surface area (Å²) in [4.78, 5) is 12.7. The van der Waals surface area contributed by atoms with Crippen molar-refractivity contribution >= 4 is 46.2 Å². The molecule has 148 valence electrons. The summed E-state index contributed by atoms with van der Waals surface area (Å²) in [5.74, 6) is -0.555. The van der Waals surface area contributed by atoms with Crippen molar-refractivity contribution in [1.82, 2.24) is 0 Å². The zero-order valence-electron chi connectivity index (χ0n) is 15.5. The number of hydrogen-bond acceptors (Lipinski definition) is 4. The zero-order valence-corrected chi connectivity index (χ0v) is 17.1. The Morgan fingerprint density at radius 3 is 2.55 bits per heavy atom. The lowest BCUT2D eigenvalue weighted by molar-refractivity contribution is -0.133. The Balaban J connectivity index is 1.78. The van der Waals surface area contributed by atoms with E-state index in [1.807, 2.05) is 19.1 Å². The highest BCUT2D eigenvalue weighted by Crippen LogP contribution is 2.30. The first-order valence-corrected chi connectivity index (χ1v) is 9.53. The molecule has 7 heteroatoms. The molecule has 0 atom stereocenters. The van der Waals surface area contributed by atoms with E-state index in [2.05, 4.69) is 5.32 Å². The lowest BCUT2D eigenvalue weighted by Crippen LogP contribution is -2.13. The maximum atomic E-state index is 14.1. The van der Waals surface area contributed by atoms with Crippen molar-refractivity contribution < 1.29 is 13.9 Å². The molecule has 0 spiro atoms. The average molecular weight is 429 g/mol. The molecule has 0 bridgehead atoms. The number of carbonyl (C=O) groups excluding carboxylic acids is 1. The summed E-state index contributed by atoms with van der Waals surface area (Å²) in [7, 11) is 0. The molecule has 0 fully saturated rings. The largest absolute Gasteiger partial charge is 0.426 e. The highest BCUT2D eigenvalue weighted by molar-refractivity contribution is 7.80. The van der Waals surface area contributed by atoms with Crippen LogP contribution in [0.25, 0.3) is 0 Å². The zero-order chi connectivity index (χ0) is 21.0. The number of carbonyl (C=O) groups is 1. The van der Waals surface area contributed by atoms with Crippen molar-refractivity contribution in [3.63, 3.8) is 0 Å². The van der Waals surface area contributed by atoms with Crippen molar-refractivity contribution in [3.05, 3.63) is 88.2 Å². The maximum Gasteiger partial charge on any atom is 0.315 e. The minimum atomic E-state index is -0.482. The summed E-state index contributed by atoms with van der Waals surface area (Å²) in [5.41, 5.74) is 8.59. The van der Waals surface area contributed by atoms with Gasteiger partial charge >= 0.3 is 5.97 Å². The fourth-order valence-corrected chi connectivity index (χ4v) is 3.10. The number of para-hydroxylation sites is 1. The van der Waals surface area contributed by atoms with Gasteiger partial charge in [0.1, 0.15) is 16.6 Å². The summed E-state index contributed by atoms with van der Waals surface area (Å²) >= 11 is 11.0. The van der Waals surface area contributed by atoms with E-state index < -0.39 is 11.8 Å². The van der Waals surface area contributed by atoms with E-state index in [4.69, 9.17) is 34.3 Å². The van der Waals surface area contributed by atoms with Gasteiger partial charge in [0, 0.05) is 11.3 Å². The number of nitrogens with one attached hydrogen (secondary N) is 1. The van der Waals surface area contributed by atoms with Crippen LogP contribution in [0.3, 0.4) is 0 Å². The number of nitrogens with two attached hydrogens (primary N) is 1. The van der Waals surface area contributed by atoms with E-state index in [1.165, 1.54) is 12.1 Å². The van der Waals surface area contributed by atoms with Crippen LogP contribution in [0.2, 0.25) is 5.02 Å². The molecule has 0 saturated heterocycles. The molecule has 0 aliphatic rings. The van der Waals surface area contributed by atoms with Crippen molar-refractivity contribution in [3.8, 4) is 5.75 Å². The van der Waals surface area contributed by atoms with Gasteiger partial charge in [-0.1, -0.05) is 47.6 Å². The molecule has 0 aromatic heterocycles. The van der Waals surface area contributed by atoms with Gasteiger partial charge in [0.25, 0.3) is 0 Å². The minimum absolute atomic E-state index is 0.00681. The van der Waals surface area contributed by atoms with E-state index in [1.54, 1.807) is 36.4 Å². The Morgan fingerprint density at radius 1 is 1.17 bits per heavy atom. The molecule has 3 aromatic carbocycles. The second kappa shape index (κ2) is 9.03. The summed E-state index contributed by atoms with van der Waals surface area (Å²) < 4.78 is 19.5. The van der Waals surface area contributed by atoms with Gasteiger partial charge in [0.15, 0.2) is 0 Å². The van der Waals surface area contributed by atoms with Gasteiger partial charge in [-0.05, 0) is 55.0 Å². The summed E-state index contributed by atoms with van der Waals surface area (Å²) in [6.07, 6.45) is -0.00681. The maximum absolute atomic E-state index is 14.1. The normalized spacial score (nSPS) is 10.4. The van der Waals surface area contributed by atoms with Crippen LogP contribution in [0, 0.1) is 12.7 Å². The van der Waals surface area contributed by atoms with E-state index in [0.29, 0.717) is 22.6 Å². The van der Waals surface area contributed by atoms with Crippen LogP contribution in [-0.4, -0.2) is 11.0 Å². The number of esters is 1. The minimum Gasteiger partial charge on any atom is -0.426 e. The van der Waals surface area contributed by atoms with Crippen LogP contribution < -0.4 is 15.8 Å². The van der Waals surface area contributed by atoms with Gasteiger partial charge in [-0.25, -0.2) is 4.39 Å². The third kappa shape index (κ3) is 5.31. The molecule has 0 unspecified atom stereocenters. The Kier molecular flexibility index (Phi) is 6.46. The van der Waals surface area contributed by atoms with Crippen LogP contribution in [0.5, 0.6) is 5.75 Å². The molecular formula is C22H18ClFN2O2S. The van der Waals surface area contributed by atoms with Crippen LogP contribution in [0.4, 0.5) is 15.8 Å². The Labute approximate surface area is 178 Å². The first-order valence-electron chi connectivity index (χ1n) is 8.74. The number of ether oxygens (including phenoxy) is 1. The molecule has 0 radical (unpaired) electrons. The van der Waals surface area contributed by atoms with Crippen LogP contribution in [0.15, 0.2) is 60.7 Å². The Hall–Kier alpha value is -2.96. The van der Waals surface area contributed by atoms with E-state index in [9.17, 15) is 9.18 Å². The average Bonchev–Trinajstić information content (AvgIpc) is 2.66. The first kappa shape index (κ1) is 20.8. The predicted octanol–water partition coefficient (Wildman–Crippen LogP) is 5.31. The Morgan fingerprint density at radius 2 is 1.90 bits per heavy atom. The number of rotatable bonds is 6. The molecule has 4 nitrogen and oxygen atoms in total. The van der Waals surface area contributed by atoms with E-state index >= 15 is 0 Å². The number of hydrogen-bond donors (Lipinski definition) is 2. The number of benzene rings is 3. The summed E-state index contributed by atoms with van der Waals surface area (Å²) in [6, 6.07) is 16.5. The molecule has 0 heterocycles. The lowest BCUT2D eigenvalue weighted by atomic mass is 10.1. The molecular weight excluding hydrogens is 411 g/mol. The van der Waals surface area contributed by atoms with E-state index in [-0.39, 0.29) is 22.1 Å². The van der Waals surface area contributed by atoms with Gasteiger partial charge in [-0.2, -0.15) is 0 Å². The molecule has 0 aliphatic carbocycles. The van der Waals surface area contributed by atoms with Crippen LogP contribution in [-0.2, 0) is 11.2 Å². The van der Waals surface area contributed by atoms with Crippen molar-refractivity contribution in [2.45, 2.75) is 13.3 Å². The molecule has 3 rings (SSSR count). The third-order valence-electron chi connectivity index (χ3n) is 4.19. The monoisotopic (exact) mass is 428 g/mol. The molecule has 0 aliphatic heterocycles. The smallest absolute Gasteiger partial charge is 0.315 e. The SMILES string of the molecule is Cc1ccc(Nc2c(F)cccc2Cl)c(CC(=O)Oc2ccc(C(N)=S)cc2)c1.